The van der Waals surface area contributed by atoms with E-state index >= 15 is 0 Å². The van der Waals surface area contributed by atoms with Crippen LogP contribution < -0.4 is 16.0 Å². The summed E-state index contributed by atoms with van der Waals surface area (Å²) >= 11 is 0. The minimum atomic E-state index is -0.852. The van der Waals surface area contributed by atoms with E-state index in [4.69, 9.17) is 9.47 Å². The molecule has 0 aliphatic carbocycles. The normalized spacial score (nSPS) is 15.4. The van der Waals surface area contributed by atoms with Gasteiger partial charge in [-0.25, -0.2) is 4.79 Å². The summed E-state index contributed by atoms with van der Waals surface area (Å²) < 4.78 is 10.5. The van der Waals surface area contributed by atoms with Gasteiger partial charge in [-0.3, -0.25) is 19.3 Å². The second-order valence-corrected chi connectivity index (χ2v) is 9.04. The van der Waals surface area contributed by atoms with Crippen molar-refractivity contribution in [2.45, 2.75) is 52.2 Å². The number of morpholine rings is 1. The average Bonchev–Trinajstić information content (AvgIpc) is 2.89. The third kappa shape index (κ3) is 11.6. The highest BCUT2D eigenvalue weighted by molar-refractivity contribution is 6.38. The molecule has 2 atom stereocenters. The number of ether oxygens (including phenoxy) is 2. The standard InChI is InChI=1S/C26H40N4O6/c1-3-22(24(32)25(33)27-11-7-13-30-14-16-35-17-15-30)29-23(31)18-20(2)10-12-28-26(34)36-19-21-8-5-4-6-9-21/h4-6,8-9,20,22H,3,7,10-19H2,1-2H3,(H,27,33)(H,28,34)(H,29,31). The first-order valence-electron chi connectivity index (χ1n) is 12.7. The summed E-state index contributed by atoms with van der Waals surface area (Å²) in [5, 5.41) is 8.01. The molecule has 1 aliphatic rings. The highest BCUT2D eigenvalue weighted by atomic mass is 16.5. The summed E-state index contributed by atoms with van der Waals surface area (Å²) in [6.45, 7) is 8.64. The van der Waals surface area contributed by atoms with E-state index in [9.17, 15) is 19.2 Å². The maximum atomic E-state index is 12.5. The molecule has 0 spiro atoms. The van der Waals surface area contributed by atoms with Crippen LogP contribution in [0.15, 0.2) is 30.3 Å². The number of carbonyl (C=O) groups is 4. The smallest absolute Gasteiger partial charge is 0.407 e. The Balaban J connectivity index is 1.59. The highest BCUT2D eigenvalue weighted by Gasteiger charge is 2.25. The van der Waals surface area contributed by atoms with Crippen molar-refractivity contribution in [1.82, 2.24) is 20.9 Å². The Morgan fingerprint density at radius 1 is 1.06 bits per heavy atom. The van der Waals surface area contributed by atoms with Crippen molar-refractivity contribution in [3.8, 4) is 0 Å². The molecule has 0 radical (unpaired) electrons. The Hall–Kier alpha value is -2.98. The lowest BCUT2D eigenvalue weighted by Gasteiger charge is -2.26. The molecule has 1 aromatic carbocycles. The predicted octanol–water partition coefficient (Wildman–Crippen LogP) is 1.63. The van der Waals surface area contributed by atoms with E-state index in [-0.39, 0.29) is 24.9 Å². The first kappa shape index (κ1) is 29.3. The maximum absolute atomic E-state index is 12.5. The number of carbonyl (C=O) groups excluding carboxylic acids is 4. The topological polar surface area (TPSA) is 126 Å². The van der Waals surface area contributed by atoms with Gasteiger partial charge in [0.1, 0.15) is 6.61 Å². The van der Waals surface area contributed by atoms with Crippen LogP contribution in [0.25, 0.3) is 0 Å². The first-order chi connectivity index (χ1) is 17.4. The molecule has 0 bridgehead atoms. The van der Waals surface area contributed by atoms with Crippen molar-refractivity contribution >= 4 is 23.7 Å². The third-order valence-corrected chi connectivity index (χ3v) is 5.98. The fourth-order valence-corrected chi connectivity index (χ4v) is 3.79. The zero-order chi connectivity index (χ0) is 26.2. The maximum Gasteiger partial charge on any atom is 0.407 e. The Kier molecular flexibility index (Phi) is 13.5. The molecule has 10 nitrogen and oxygen atoms in total. The van der Waals surface area contributed by atoms with Crippen LogP contribution in [0.3, 0.4) is 0 Å². The monoisotopic (exact) mass is 504 g/mol. The lowest BCUT2D eigenvalue weighted by Crippen LogP contribution is -2.48. The van der Waals surface area contributed by atoms with Gasteiger partial charge in [0.05, 0.1) is 19.3 Å². The van der Waals surface area contributed by atoms with Crippen molar-refractivity contribution in [3.05, 3.63) is 35.9 Å². The van der Waals surface area contributed by atoms with Gasteiger partial charge in [0.15, 0.2) is 0 Å². The summed E-state index contributed by atoms with van der Waals surface area (Å²) in [4.78, 5) is 51.2. The van der Waals surface area contributed by atoms with Crippen molar-refractivity contribution < 1.29 is 28.7 Å². The van der Waals surface area contributed by atoms with Gasteiger partial charge in [-0.1, -0.05) is 44.2 Å². The molecule has 200 valence electrons. The molecule has 3 N–H and O–H groups in total. The minimum absolute atomic E-state index is 0.0268. The number of nitrogens with zero attached hydrogens (tertiary/aromatic N) is 1. The number of hydrogen-bond acceptors (Lipinski definition) is 7. The van der Waals surface area contributed by atoms with Crippen molar-refractivity contribution in [2.75, 3.05) is 45.9 Å². The molecule has 1 heterocycles. The first-order valence-corrected chi connectivity index (χ1v) is 12.7. The fraction of sp³-hybridized carbons (Fsp3) is 0.615. The van der Waals surface area contributed by atoms with Crippen molar-refractivity contribution in [3.63, 3.8) is 0 Å². The minimum Gasteiger partial charge on any atom is -0.445 e. The van der Waals surface area contributed by atoms with Gasteiger partial charge in [0, 0.05) is 32.6 Å². The molecule has 2 rings (SSSR count). The number of benzene rings is 1. The van der Waals surface area contributed by atoms with Gasteiger partial charge in [-0.05, 0) is 37.3 Å². The van der Waals surface area contributed by atoms with E-state index in [1.165, 1.54) is 0 Å². The number of nitrogens with one attached hydrogen (secondary N) is 3. The molecule has 10 heteroatoms. The molecule has 0 aromatic heterocycles. The van der Waals surface area contributed by atoms with Gasteiger partial charge in [0.25, 0.3) is 5.91 Å². The summed E-state index contributed by atoms with van der Waals surface area (Å²) in [6, 6.07) is 8.54. The average molecular weight is 505 g/mol. The van der Waals surface area contributed by atoms with Crippen LogP contribution in [0.5, 0.6) is 0 Å². The van der Waals surface area contributed by atoms with E-state index < -0.39 is 23.8 Å². The second kappa shape index (κ2) is 16.6. The number of ketones is 1. The Labute approximate surface area is 213 Å². The number of rotatable bonds is 15. The van der Waals surface area contributed by atoms with Gasteiger partial charge >= 0.3 is 6.09 Å². The number of Topliss-reactive ketones (excluding diaryl/α,β-unsaturated/α-hetero) is 1. The highest BCUT2D eigenvalue weighted by Crippen LogP contribution is 2.08. The van der Waals surface area contributed by atoms with Gasteiger partial charge in [-0.2, -0.15) is 0 Å². The van der Waals surface area contributed by atoms with Crippen molar-refractivity contribution in [1.29, 1.82) is 0 Å². The van der Waals surface area contributed by atoms with E-state index in [0.29, 0.717) is 25.9 Å². The van der Waals surface area contributed by atoms with E-state index in [1.54, 1.807) is 6.92 Å². The summed E-state index contributed by atoms with van der Waals surface area (Å²) in [7, 11) is 0. The number of alkyl carbamates (subject to hydrolysis) is 1. The molecule has 1 saturated heterocycles. The lowest BCUT2D eigenvalue weighted by atomic mass is 10.0. The molecule has 1 aliphatic heterocycles. The van der Waals surface area contributed by atoms with Crippen LogP contribution in [0.4, 0.5) is 4.79 Å². The van der Waals surface area contributed by atoms with E-state index in [2.05, 4.69) is 20.9 Å². The van der Waals surface area contributed by atoms with Crippen LogP contribution in [-0.4, -0.2) is 80.6 Å². The zero-order valence-corrected chi connectivity index (χ0v) is 21.4. The largest absolute Gasteiger partial charge is 0.445 e. The van der Waals surface area contributed by atoms with Gasteiger partial charge in [-0.15, -0.1) is 0 Å². The van der Waals surface area contributed by atoms with Crippen LogP contribution in [0.2, 0.25) is 0 Å². The van der Waals surface area contributed by atoms with Gasteiger partial charge < -0.3 is 25.4 Å². The zero-order valence-electron chi connectivity index (χ0n) is 21.4. The quantitative estimate of drug-likeness (QED) is 0.245. The Morgan fingerprint density at radius 2 is 1.78 bits per heavy atom. The molecule has 1 fully saturated rings. The molecule has 1 aromatic rings. The van der Waals surface area contributed by atoms with Crippen LogP contribution in [-0.2, 0) is 30.5 Å². The fourth-order valence-electron chi connectivity index (χ4n) is 3.79. The van der Waals surface area contributed by atoms with E-state index in [0.717, 1.165) is 44.8 Å². The Bertz CT molecular complexity index is 829. The molecular formula is C26H40N4O6. The Morgan fingerprint density at radius 3 is 2.47 bits per heavy atom. The third-order valence-electron chi connectivity index (χ3n) is 5.98. The van der Waals surface area contributed by atoms with E-state index in [1.807, 2.05) is 37.3 Å². The molecule has 2 unspecified atom stereocenters. The van der Waals surface area contributed by atoms with Crippen LogP contribution >= 0.6 is 0 Å². The number of hydrogen-bond donors (Lipinski definition) is 3. The molecule has 36 heavy (non-hydrogen) atoms. The second-order valence-electron chi connectivity index (χ2n) is 9.04. The SMILES string of the molecule is CCC(NC(=O)CC(C)CCNC(=O)OCc1ccccc1)C(=O)C(=O)NCCCN1CCOCC1. The molecular weight excluding hydrogens is 464 g/mol. The lowest BCUT2D eigenvalue weighted by molar-refractivity contribution is -0.140. The number of amides is 3. The van der Waals surface area contributed by atoms with Crippen LogP contribution in [0, 0.1) is 5.92 Å². The molecule has 0 saturated carbocycles. The summed E-state index contributed by atoms with van der Waals surface area (Å²) in [5.41, 5.74) is 0.902. The predicted molar refractivity (Wildman–Crippen MR) is 135 cm³/mol. The summed E-state index contributed by atoms with van der Waals surface area (Å²) in [5.74, 6) is -1.63. The van der Waals surface area contributed by atoms with Gasteiger partial charge in [0.2, 0.25) is 11.7 Å². The van der Waals surface area contributed by atoms with Crippen LogP contribution in [0.1, 0.15) is 45.1 Å². The van der Waals surface area contributed by atoms with Crippen molar-refractivity contribution in [2.24, 2.45) is 5.92 Å². The molecule has 3 amide bonds. The summed E-state index contributed by atoms with van der Waals surface area (Å²) in [6.07, 6.45) is 1.32.